The highest BCUT2D eigenvalue weighted by molar-refractivity contribution is 6.00. The molecule has 0 bridgehead atoms. The van der Waals surface area contributed by atoms with Gasteiger partial charge in [0.25, 0.3) is 5.91 Å². The van der Waals surface area contributed by atoms with Crippen LogP contribution in [0.25, 0.3) is 0 Å². The summed E-state index contributed by atoms with van der Waals surface area (Å²) in [7, 11) is 0. The molecule has 2 atom stereocenters. The molecule has 1 aliphatic heterocycles. The van der Waals surface area contributed by atoms with Crippen LogP contribution in [-0.2, 0) is 0 Å². The second kappa shape index (κ2) is 9.07. The quantitative estimate of drug-likeness (QED) is 0.412. The molecule has 0 radical (unpaired) electrons. The maximum atomic E-state index is 12.8. The fraction of sp³-hybridized carbons (Fsp3) is 0.222. The zero-order valence-electron chi connectivity index (χ0n) is 15.6. The predicted molar refractivity (Wildman–Crippen MR) is 103 cm³/mol. The summed E-state index contributed by atoms with van der Waals surface area (Å²) in [5.41, 5.74) is 5.01. The van der Waals surface area contributed by atoms with Gasteiger partial charge >= 0.3 is 0 Å². The first-order chi connectivity index (χ1) is 14.4. The van der Waals surface area contributed by atoms with Crippen molar-refractivity contribution in [3.63, 3.8) is 0 Å². The van der Waals surface area contributed by atoms with E-state index in [0.717, 1.165) is 5.01 Å². The number of Topliss-reactive ketones (excluding diaryl/α,β-unsaturated/α-hetero) is 1. The van der Waals surface area contributed by atoms with Crippen LogP contribution >= 0.6 is 0 Å². The molecule has 1 aliphatic rings. The lowest BCUT2D eigenvalue weighted by molar-refractivity contribution is -0.694. The van der Waals surface area contributed by atoms with E-state index in [1.54, 1.807) is 36.4 Å². The number of carbonyl (C=O) groups excluding carboxylic acids is 2. The summed E-state index contributed by atoms with van der Waals surface area (Å²) in [4.78, 5) is 48.0. The van der Waals surface area contributed by atoms with E-state index in [1.165, 1.54) is 24.3 Å². The zero-order chi connectivity index (χ0) is 21.7. The molecule has 1 fully saturated rings. The Labute approximate surface area is 170 Å². The number of hydrogen-bond acceptors (Lipinski definition) is 8. The van der Waals surface area contributed by atoms with Crippen molar-refractivity contribution in [3.8, 4) is 0 Å². The molecule has 156 valence electrons. The maximum absolute atomic E-state index is 12.8. The van der Waals surface area contributed by atoms with Crippen molar-refractivity contribution in [3.05, 3.63) is 92.0 Å². The lowest BCUT2D eigenvalue weighted by Gasteiger charge is -2.32. The number of rotatable bonds is 5. The van der Waals surface area contributed by atoms with Crippen LogP contribution < -0.4 is 11.0 Å². The van der Waals surface area contributed by atoms with Crippen LogP contribution in [0.1, 0.15) is 27.1 Å². The highest BCUT2D eigenvalue weighted by Crippen LogP contribution is 2.15. The molecule has 3 rings (SSSR count). The lowest BCUT2D eigenvalue weighted by Crippen LogP contribution is -2.67. The summed E-state index contributed by atoms with van der Waals surface area (Å²) in [5.74, 6) is -1.23. The first kappa shape index (κ1) is 20.8. The van der Waals surface area contributed by atoms with Crippen molar-refractivity contribution in [2.24, 2.45) is 0 Å². The Morgan fingerprint density at radius 1 is 0.933 bits per heavy atom. The number of nitrogens with one attached hydrogen (secondary N) is 2. The molecule has 1 amide bonds. The first-order valence-electron chi connectivity index (χ1n) is 8.93. The van der Waals surface area contributed by atoms with E-state index in [9.17, 15) is 29.8 Å². The zero-order valence-corrected chi connectivity index (χ0v) is 15.6. The molecule has 30 heavy (non-hydrogen) atoms. The Morgan fingerprint density at radius 3 is 2.03 bits per heavy atom. The van der Waals surface area contributed by atoms with Crippen LogP contribution in [0.5, 0.6) is 0 Å². The molecule has 12 heteroatoms. The fourth-order valence-electron chi connectivity index (χ4n) is 3.01. The smallest absolute Gasteiger partial charge is 0.269 e. The van der Waals surface area contributed by atoms with E-state index in [0.29, 0.717) is 0 Å². The van der Waals surface area contributed by atoms with Gasteiger partial charge < -0.3 is 0 Å². The number of benzene rings is 2. The number of hydrazine groups is 4. The second-order valence-corrected chi connectivity index (χ2v) is 6.52. The van der Waals surface area contributed by atoms with Crippen LogP contribution in [0.15, 0.2) is 60.7 Å². The number of nitro groups is 2. The van der Waals surface area contributed by atoms with Gasteiger partial charge in [-0.1, -0.05) is 54.1 Å². The summed E-state index contributed by atoms with van der Waals surface area (Å²) < 4.78 is 0. The minimum Gasteiger partial charge on any atom is -0.292 e. The van der Waals surface area contributed by atoms with Crippen LogP contribution in [0.2, 0.25) is 0 Å². The number of hydrogen-bond donors (Lipinski definition) is 2. The van der Waals surface area contributed by atoms with Crippen LogP contribution in [0, 0.1) is 20.2 Å². The second-order valence-electron chi connectivity index (χ2n) is 6.52. The Balaban J connectivity index is 1.90. The third-order valence-corrected chi connectivity index (χ3v) is 4.50. The Morgan fingerprint density at radius 2 is 1.50 bits per heavy atom. The molecule has 0 aliphatic carbocycles. The van der Waals surface area contributed by atoms with E-state index in [1.807, 2.05) is 0 Å². The van der Waals surface area contributed by atoms with Crippen LogP contribution in [0.3, 0.4) is 0 Å². The highest BCUT2D eigenvalue weighted by atomic mass is 16.7. The third kappa shape index (κ3) is 4.74. The highest BCUT2D eigenvalue weighted by Gasteiger charge is 2.40. The van der Waals surface area contributed by atoms with E-state index in [-0.39, 0.29) is 22.8 Å². The average Bonchev–Trinajstić information content (AvgIpc) is 2.73. The number of carbonyl (C=O) groups is 2. The molecule has 2 aromatic carbocycles. The van der Waals surface area contributed by atoms with Gasteiger partial charge in [0.1, 0.15) is 12.6 Å². The van der Waals surface area contributed by atoms with Crippen LogP contribution in [-0.4, -0.2) is 50.5 Å². The monoisotopic (exact) mass is 414 g/mol. The Bertz CT molecular complexity index is 851. The van der Waals surface area contributed by atoms with E-state index >= 15 is 0 Å². The van der Waals surface area contributed by atoms with E-state index in [2.05, 4.69) is 11.0 Å². The van der Waals surface area contributed by atoms with Crippen LogP contribution in [0.4, 0.5) is 0 Å². The van der Waals surface area contributed by atoms with Crippen molar-refractivity contribution < 1.29 is 19.5 Å². The summed E-state index contributed by atoms with van der Waals surface area (Å²) in [6, 6.07) is 13.2. The van der Waals surface area contributed by atoms with Gasteiger partial charge in [0.05, 0.1) is 0 Å². The molecule has 0 aromatic heterocycles. The van der Waals surface area contributed by atoms with Gasteiger partial charge in [-0.25, -0.2) is 15.1 Å². The van der Waals surface area contributed by atoms with E-state index < -0.39 is 40.3 Å². The molecule has 0 saturated carbocycles. The van der Waals surface area contributed by atoms with Gasteiger partial charge in [-0.15, -0.1) is 5.43 Å². The maximum Gasteiger partial charge on any atom is 0.269 e. The minimum absolute atomic E-state index is 0.188. The summed E-state index contributed by atoms with van der Waals surface area (Å²) in [6.45, 7) is -0.481. The van der Waals surface area contributed by atoms with Gasteiger partial charge in [0.15, 0.2) is 10.8 Å². The van der Waals surface area contributed by atoms with Gasteiger partial charge in [-0.2, -0.15) is 0 Å². The standard InChI is InChI=1S/C18H18N6O6/c25-17(13-7-3-1-4-8-13)16-11-15(22(27)28)12-21(20-23(19-16)24(29)30)18(26)14-9-5-2-6-10-14/h1-10,15-16,19-20H,11-12H2. The number of ketones is 1. The SMILES string of the molecule is O=C(c1ccccc1)C1CC([N+](=O)[O-])CN(C(=O)c2ccccc2)NN([N+](=O)[O-])N1. The molecule has 1 saturated heterocycles. The molecular formula is C18H18N6O6. The molecule has 0 spiro atoms. The normalized spacial score (nSPS) is 19.5. The van der Waals surface area contributed by atoms with E-state index in [4.69, 9.17) is 0 Å². The molecule has 1 heterocycles. The number of nitrogens with zero attached hydrogens (tertiary/aromatic N) is 4. The molecular weight excluding hydrogens is 396 g/mol. The van der Waals surface area contributed by atoms with Crippen molar-refractivity contribution in [2.75, 3.05) is 6.54 Å². The Kier molecular flexibility index (Phi) is 6.29. The summed E-state index contributed by atoms with van der Waals surface area (Å²) in [6.07, 6.45) is -0.356. The first-order valence-corrected chi connectivity index (χ1v) is 8.93. The molecule has 12 nitrogen and oxygen atoms in total. The van der Waals surface area contributed by atoms with Gasteiger partial charge in [0.2, 0.25) is 6.04 Å². The predicted octanol–water partition coefficient (Wildman–Crippen LogP) is 0.847. The van der Waals surface area contributed by atoms with Crippen molar-refractivity contribution in [2.45, 2.75) is 18.5 Å². The van der Waals surface area contributed by atoms with Gasteiger partial charge in [-0.3, -0.25) is 19.7 Å². The topological polar surface area (TPSA) is 151 Å². The van der Waals surface area contributed by atoms with Crippen molar-refractivity contribution >= 4 is 11.7 Å². The number of amides is 1. The van der Waals surface area contributed by atoms with Crippen molar-refractivity contribution in [1.82, 2.24) is 21.2 Å². The minimum atomic E-state index is -1.34. The molecule has 2 unspecified atom stereocenters. The molecule has 2 aromatic rings. The largest absolute Gasteiger partial charge is 0.292 e. The third-order valence-electron chi connectivity index (χ3n) is 4.50. The van der Waals surface area contributed by atoms with Crippen molar-refractivity contribution in [1.29, 1.82) is 0 Å². The van der Waals surface area contributed by atoms with Gasteiger partial charge in [0, 0.05) is 27.7 Å². The summed E-state index contributed by atoms with van der Waals surface area (Å²) in [5, 5.41) is 23.2. The lowest BCUT2D eigenvalue weighted by atomic mass is 9.98. The van der Waals surface area contributed by atoms with Gasteiger partial charge in [-0.05, 0) is 12.1 Å². The average molecular weight is 414 g/mol. The fourth-order valence-corrected chi connectivity index (χ4v) is 3.01. The Hall–Kier alpha value is -3.90. The molecule has 2 N–H and O–H groups in total. The summed E-state index contributed by atoms with van der Waals surface area (Å²) >= 11 is 0.